The quantitative estimate of drug-likeness (QED) is 0.767. The number of fused-ring (bicyclic) bond motifs is 1. The van der Waals surface area contributed by atoms with Crippen LogP contribution in [0.25, 0.3) is 11.0 Å². The van der Waals surface area contributed by atoms with E-state index in [9.17, 15) is 0 Å². The molecule has 0 aliphatic carbocycles. The van der Waals surface area contributed by atoms with Gasteiger partial charge in [-0.2, -0.15) is 0 Å². The average molecular weight is 265 g/mol. The Balaban J connectivity index is 1.86. The fourth-order valence-electron chi connectivity index (χ4n) is 2.56. The maximum Gasteiger partial charge on any atom is 0.134 e. The lowest BCUT2D eigenvalue weighted by Gasteiger charge is -2.09. The van der Waals surface area contributed by atoms with Gasteiger partial charge in [0.2, 0.25) is 0 Å². The number of aryl methyl sites for hydroxylation is 2. The molecule has 20 heavy (non-hydrogen) atoms. The van der Waals surface area contributed by atoms with Crippen LogP contribution in [0.15, 0.2) is 52.9 Å². The Morgan fingerprint density at radius 2 is 1.80 bits per heavy atom. The molecule has 0 radical (unpaired) electrons. The van der Waals surface area contributed by atoms with Crippen molar-refractivity contribution < 1.29 is 4.42 Å². The van der Waals surface area contributed by atoms with Gasteiger partial charge in [0.25, 0.3) is 0 Å². The molecule has 1 atom stereocenters. The third kappa shape index (κ3) is 2.61. The second-order valence-electron chi connectivity index (χ2n) is 5.49. The molecule has 1 unspecified atom stereocenters. The summed E-state index contributed by atoms with van der Waals surface area (Å²) < 4.78 is 5.86. The molecule has 2 aromatic carbocycles. The van der Waals surface area contributed by atoms with E-state index in [1.165, 1.54) is 16.7 Å². The zero-order valence-electron chi connectivity index (χ0n) is 11.9. The van der Waals surface area contributed by atoms with Gasteiger partial charge in [0.05, 0.1) is 6.04 Å². The highest BCUT2D eigenvalue weighted by Gasteiger charge is 2.13. The number of benzene rings is 2. The van der Waals surface area contributed by atoms with Crippen molar-refractivity contribution in [2.45, 2.75) is 26.3 Å². The Morgan fingerprint density at radius 3 is 2.60 bits per heavy atom. The van der Waals surface area contributed by atoms with Gasteiger partial charge in [-0.05, 0) is 44.0 Å². The molecule has 0 saturated carbocycles. The van der Waals surface area contributed by atoms with Crippen LogP contribution in [-0.2, 0) is 6.42 Å². The van der Waals surface area contributed by atoms with Crippen LogP contribution in [0.1, 0.15) is 28.5 Å². The Morgan fingerprint density at radius 1 is 1.00 bits per heavy atom. The summed E-state index contributed by atoms with van der Waals surface area (Å²) in [4.78, 5) is 0. The van der Waals surface area contributed by atoms with Gasteiger partial charge < -0.3 is 10.2 Å². The van der Waals surface area contributed by atoms with E-state index in [4.69, 9.17) is 10.2 Å². The SMILES string of the molecule is Cc1cccc(CC(N)c2cc3cc(C)ccc3o2)c1. The summed E-state index contributed by atoms with van der Waals surface area (Å²) in [5, 5.41) is 1.12. The molecule has 1 heterocycles. The Labute approximate surface area is 119 Å². The molecular weight excluding hydrogens is 246 g/mol. The second kappa shape index (κ2) is 5.14. The van der Waals surface area contributed by atoms with Crippen molar-refractivity contribution in [3.8, 4) is 0 Å². The van der Waals surface area contributed by atoms with Crippen molar-refractivity contribution >= 4 is 11.0 Å². The van der Waals surface area contributed by atoms with Crippen LogP contribution in [0.3, 0.4) is 0 Å². The largest absolute Gasteiger partial charge is 0.459 e. The topological polar surface area (TPSA) is 39.2 Å². The van der Waals surface area contributed by atoms with E-state index in [2.05, 4.69) is 56.3 Å². The first-order chi connectivity index (χ1) is 9.61. The van der Waals surface area contributed by atoms with Crippen molar-refractivity contribution in [3.05, 3.63) is 71.0 Å². The van der Waals surface area contributed by atoms with Gasteiger partial charge in [0, 0.05) is 5.39 Å². The minimum atomic E-state index is -0.107. The molecule has 2 heteroatoms. The van der Waals surface area contributed by atoms with E-state index >= 15 is 0 Å². The van der Waals surface area contributed by atoms with Crippen LogP contribution in [0, 0.1) is 13.8 Å². The summed E-state index contributed by atoms with van der Waals surface area (Å²) in [5.74, 6) is 0.854. The average Bonchev–Trinajstić information content (AvgIpc) is 2.81. The van der Waals surface area contributed by atoms with E-state index in [1.807, 2.05) is 6.07 Å². The van der Waals surface area contributed by atoms with Gasteiger partial charge >= 0.3 is 0 Å². The number of rotatable bonds is 3. The van der Waals surface area contributed by atoms with Crippen LogP contribution in [0.2, 0.25) is 0 Å². The van der Waals surface area contributed by atoms with Crippen molar-refractivity contribution in [1.82, 2.24) is 0 Å². The molecule has 0 fully saturated rings. The maximum atomic E-state index is 6.29. The molecule has 0 amide bonds. The van der Waals surface area contributed by atoms with E-state index in [0.29, 0.717) is 0 Å². The summed E-state index contributed by atoms with van der Waals surface area (Å²) in [6, 6.07) is 16.6. The lowest BCUT2D eigenvalue weighted by atomic mass is 10.0. The molecular formula is C18H19NO. The van der Waals surface area contributed by atoms with Gasteiger partial charge in [-0.25, -0.2) is 0 Å². The van der Waals surface area contributed by atoms with E-state index in [-0.39, 0.29) is 6.04 Å². The fourth-order valence-corrected chi connectivity index (χ4v) is 2.56. The van der Waals surface area contributed by atoms with Crippen LogP contribution >= 0.6 is 0 Å². The summed E-state index contributed by atoms with van der Waals surface area (Å²) in [6.07, 6.45) is 0.792. The van der Waals surface area contributed by atoms with Gasteiger partial charge in [0.15, 0.2) is 0 Å². The van der Waals surface area contributed by atoms with Gasteiger partial charge in [-0.3, -0.25) is 0 Å². The lowest BCUT2D eigenvalue weighted by molar-refractivity contribution is 0.494. The van der Waals surface area contributed by atoms with Crippen LogP contribution in [0.5, 0.6) is 0 Å². The van der Waals surface area contributed by atoms with Crippen LogP contribution < -0.4 is 5.73 Å². The normalized spacial score (nSPS) is 12.8. The van der Waals surface area contributed by atoms with E-state index in [1.54, 1.807) is 0 Å². The molecule has 102 valence electrons. The highest BCUT2D eigenvalue weighted by atomic mass is 16.3. The zero-order valence-corrected chi connectivity index (χ0v) is 11.9. The molecule has 3 rings (SSSR count). The molecule has 0 aliphatic heterocycles. The standard InChI is InChI=1S/C18H19NO/c1-12-4-3-5-14(8-12)10-16(19)18-11-15-9-13(2)6-7-17(15)20-18/h3-9,11,16H,10,19H2,1-2H3. The first-order valence-corrected chi connectivity index (χ1v) is 6.93. The van der Waals surface area contributed by atoms with Gasteiger partial charge in [0.1, 0.15) is 11.3 Å². The van der Waals surface area contributed by atoms with Gasteiger partial charge in [-0.1, -0.05) is 41.5 Å². The van der Waals surface area contributed by atoms with E-state index in [0.717, 1.165) is 23.2 Å². The Bertz CT molecular complexity index is 742. The highest BCUT2D eigenvalue weighted by Crippen LogP contribution is 2.25. The summed E-state index contributed by atoms with van der Waals surface area (Å²) in [6.45, 7) is 4.18. The minimum absolute atomic E-state index is 0.107. The first-order valence-electron chi connectivity index (χ1n) is 6.93. The molecule has 2 nitrogen and oxygen atoms in total. The molecule has 1 aromatic heterocycles. The highest BCUT2D eigenvalue weighted by molar-refractivity contribution is 5.78. The molecule has 0 spiro atoms. The molecule has 2 N–H and O–H groups in total. The predicted molar refractivity (Wildman–Crippen MR) is 82.8 cm³/mol. The third-order valence-electron chi connectivity index (χ3n) is 3.59. The Kier molecular flexibility index (Phi) is 3.33. The monoisotopic (exact) mass is 265 g/mol. The molecule has 0 saturated heterocycles. The zero-order chi connectivity index (χ0) is 14.1. The van der Waals surface area contributed by atoms with Crippen molar-refractivity contribution in [3.63, 3.8) is 0 Å². The predicted octanol–water partition coefficient (Wildman–Crippen LogP) is 4.29. The number of hydrogen-bond acceptors (Lipinski definition) is 2. The fraction of sp³-hybridized carbons (Fsp3) is 0.222. The third-order valence-corrected chi connectivity index (χ3v) is 3.59. The summed E-state index contributed by atoms with van der Waals surface area (Å²) in [7, 11) is 0. The summed E-state index contributed by atoms with van der Waals surface area (Å²) >= 11 is 0. The maximum absolute atomic E-state index is 6.29. The lowest BCUT2D eigenvalue weighted by Crippen LogP contribution is -2.12. The molecule has 0 bridgehead atoms. The van der Waals surface area contributed by atoms with Crippen LogP contribution in [-0.4, -0.2) is 0 Å². The molecule has 0 aliphatic rings. The smallest absolute Gasteiger partial charge is 0.134 e. The first kappa shape index (κ1) is 12.9. The van der Waals surface area contributed by atoms with Crippen molar-refractivity contribution in [2.75, 3.05) is 0 Å². The number of hydrogen-bond donors (Lipinski definition) is 1. The number of nitrogens with two attached hydrogens (primary N) is 1. The van der Waals surface area contributed by atoms with Crippen LogP contribution in [0.4, 0.5) is 0 Å². The Hall–Kier alpha value is -2.06. The second-order valence-corrected chi connectivity index (χ2v) is 5.49. The number of furan rings is 1. The van der Waals surface area contributed by atoms with E-state index < -0.39 is 0 Å². The molecule has 3 aromatic rings. The summed E-state index contributed by atoms with van der Waals surface area (Å²) in [5.41, 5.74) is 10.9. The van der Waals surface area contributed by atoms with Crippen molar-refractivity contribution in [2.24, 2.45) is 5.73 Å². The van der Waals surface area contributed by atoms with Gasteiger partial charge in [-0.15, -0.1) is 0 Å². The minimum Gasteiger partial charge on any atom is -0.459 e. The van der Waals surface area contributed by atoms with Crippen molar-refractivity contribution in [1.29, 1.82) is 0 Å².